The van der Waals surface area contributed by atoms with E-state index >= 15 is 0 Å². The second-order valence-electron chi connectivity index (χ2n) is 6.91. The maximum atomic E-state index is 14.6. The monoisotopic (exact) mass is 401 g/mol. The summed E-state index contributed by atoms with van der Waals surface area (Å²) in [6.07, 6.45) is 5.13. The summed E-state index contributed by atoms with van der Waals surface area (Å²) in [7, 11) is 1.49. The van der Waals surface area contributed by atoms with Gasteiger partial charge in [-0.2, -0.15) is 0 Å². The van der Waals surface area contributed by atoms with Gasteiger partial charge >= 0.3 is 0 Å². The van der Waals surface area contributed by atoms with Crippen molar-refractivity contribution in [2.24, 2.45) is 11.5 Å². The molecule has 1 unspecified atom stereocenters. The van der Waals surface area contributed by atoms with E-state index in [2.05, 4.69) is 25.9 Å². The van der Waals surface area contributed by atoms with Crippen molar-refractivity contribution in [3.63, 3.8) is 0 Å². The molecular formula is C19H24FN7O2. The predicted molar refractivity (Wildman–Crippen MR) is 107 cm³/mol. The van der Waals surface area contributed by atoms with Crippen molar-refractivity contribution < 1.29 is 14.0 Å². The molecule has 1 aliphatic rings. The molecule has 1 saturated carbocycles. The lowest BCUT2D eigenvalue weighted by Crippen LogP contribution is -2.43. The standard InChI is InChI=1S/C19H24FN7O2/c1-23-19(29)15-8-10(6-7-24-15)25-17-11(16(22)28)9-12(20)18(27-17)26-14-5-3-2-4-13(14)21/h6-9,13-14H,2-5,21H2,1H3,(H2,22,28)(H,23,29)(H2,24,25,26,27)/t13-,14?/m0/s1. The van der Waals surface area contributed by atoms with Crippen LogP contribution in [0, 0.1) is 5.82 Å². The van der Waals surface area contributed by atoms with Gasteiger partial charge in [0.05, 0.1) is 5.56 Å². The second kappa shape index (κ2) is 8.82. The Bertz CT molecular complexity index is 921. The Morgan fingerprint density at radius 2 is 1.97 bits per heavy atom. The van der Waals surface area contributed by atoms with Crippen molar-refractivity contribution in [2.75, 3.05) is 17.7 Å². The Morgan fingerprint density at radius 3 is 2.66 bits per heavy atom. The molecule has 154 valence electrons. The van der Waals surface area contributed by atoms with E-state index in [1.54, 1.807) is 6.07 Å². The first kappa shape index (κ1) is 20.5. The highest BCUT2D eigenvalue weighted by atomic mass is 19.1. The van der Waals surface area contributed by atoms with Crippen LogP contribution >= 0.6 is 0 Å². The number of hydrogen-bond acceptors (Lipinski definition) is 7. The van der Waals surface area contributed by atoms with Crippen molar-refractivity contribution in [3.8, 4) is 0 Å². The lowest BCUT2D eigenvalue weighted by Gasteiger charge is -2.30. The van der Waals surface area contributed by atoms with Crippen molar-refractivity contribution in [2.45, 2.75) is 37.8 Å². The topological polar surface area (TPSA) is 148 Å². The number of rotatable bonds is 6. The van der Waals surface area contributed by atoms with Crippen molar-refractivity contribution in [1.29, 1.82) is 0 Å². The van der Waals surface area contributed by atoms with Gasteiger partial charge in [0.1, 0.15) is 11.5 Å². The summed E-state index contributed by atoms with van der Waals surface area (Å²) < 4.78 is 14.6. The van der Waals surface area contributed by atoms with Gasteiger partial charge in [-0.05, 0) is 31.0 Å². The van der Waals surface area contributed by atoms with Crippen LogP contribution in [-0.4, -0.2) is 40.9 Å². The molecule has 7 N–H and O–H groups in total. The maximum absolute atomic E-state index is 14.6. The van der Waals surface area contributed by atoms with E-state index in [0.717, 1.165) is 31.7 Å². The summed E-state index contributed by atoms with van der Waals surface area (Å²) in [6.45, 7) is 0. The summed E-state index contributed by atoms with van der Waals surface area (Å²) in [4.78, 5) is 31.8. The summed E-state index contributed by atoms with van der Waals surface area (Å²) >= 11 is 0. The minimum Gasteiger partial charge on any atom is -0.365 e. The molecule has 0 spiro atoms. The van der Waals surface area contributed by atoms with Crippen LogP contribution in [0.15, 0.2) is 24.4 Å². The quantitative estimate of drug-likeness (QED) is 0.492. The van der Waals surface area contributed by atoms with Crippen LogP contribution in [0.1, 0.15) is 46.5 Å². The Labute approximate surface area is 167 Å². The van der Waals surface area contributed by atoms with Crippen molar-refractivity contribution in [1.82, 2.24) is 15.3 Å². The second-order valence-corrected chi connectivity index (χ2v) is 6.91. The van der Waals surface area contributed by atoms with Gasteiger partial charge in [-0.1, -0.05) is 12.8 Å². The van der Waals surface area contributed by atoms with Gasteiger partial charge in [0, 0.05) is 31.0 Å². The molecule has 0 radical (unpaired) electrons. The van der Waals surface area contributed by atoms with Crippen LogP contribution in [-0.2, 0) is 0 Å². The van der Waals surface area contributed by atoms with Gasteiger partial charge in [0.25, 0.3) is 11.8 Å². The molecule has 3 rings (SSSR count). The average molecular weight is 401 g/mol. The fourth-order valence-corrected chi connectivity index (χ4v) is 3.28. The van der Waals surface area contributed by atoms with E-state index in [1.807, 2.05) is 0 Å². The summed E-state index contributed by atoms with van der Waals surface area (Å²) in [5, 5.41) is 8.45. The molecule has 9 nitrogen and oxygen atoms in total. The average Bonchev–Trinajstić information content (AvgIpc) is 2.71. The Kier molecular flexibility index (Phi) is 6.23. The number of anilines is 3. The van der Waals surface area contributed by atoms with Crippen LogP contribution in [0.5, 0.6) is 0 Å². The van der Waals surface area contributed by atoms with E-state index in [-0.39, 0.29) is 40.9 Å². The molecule has 0 saturated heterocycles. The summed E-state index contributed by atoms with van der Waals surface area (Å²) in [5.41, 5.74) is 12.0. The Hall–Kier alpha value is -3.27. The number of nitrogens with one attached hydrogen (secondary N) is 3. The highest BCUT2D eigenvalue weighted by Crippen LogP contribution is 2.26. The zero-order valence-corrected chi connectivity index (χ0v) is 16.0. The van der Waals surface area contributed by atoms with E-state index in [0.29, 0.717) is 5.69 Å². The molecule has 2 aromatic rings. The van der Waals surface area contributed by atoms with Crippen molar-refractivity contribution >= 4 is 29.1 Å². The largest absolute Gasteiger partial charge is 0.365 e. The van der Waals surface area contributed by atoms with Crippen LogP contribution in [0.25, 0.3) is 0 Å². The van der Waals surface area contributed by atoms with E-state index in [1.165, 1.54) is 19.3 Å². The van der Waals surface area contributed by atoms with Crippen LogP contribution in [0.3, 0.4) is 0 Å². The molecule has 29 heavy (non-hydrogen) atoms. The van der Waals surface area contributed by atoms with Crippen molar-refractivity contribution in [3.05, 3.63) is 41.5 Å². The molecular weight excluding hydrogens is 377 g/mol. The van der Waals surface area contributed by atoms with Gasteiger partial charge in [-0.25, -0.2) is 9.37 Å². The molecule has 0 aromatic carbocycles. The fraction of sp³-hybridized carbons (Fsp3) is 0.368. The van der Waals surface area contributed by atoms with Gasteiger partial charge < -0.3 is 27.4 Å². The molecule has 2 heterocycles. The summed E-state index contributed by atoms with van der Waals surface area (Å²) in [5.74, 6) is -1.84. The Balaban J connectivity index is 1.92. The first-order valence-electron chi connectivity index (χ1n) is 9.36. The number of carbonyl (C=O) groups excluding carboxylic acids is 2. The minimum atomic E-state index is -0.833. The van der Waals surface area contributed by atoms with E-state index in [4.69, 9.17) is 11.5 Å². The molecule has 0 bridgehead atoms. The van der Waals surface area contributed by atoms with Gasteiger partial charge in [-0.3, -0.25) is 14.6 Å². The number of aromatic nitrogens is 2. The normalized spacial score (nSPS) is 18.7. The number of carbonyl (C=O) groups is 2. The number of halogens is 1. The number of nitrogens with zero attached hydrogens (tertiary/aromatic N) is 2. The first-order chi connectivity index (χ1) is 13.9. The maximum Gasteiger partial charge on any atom is 0.269 e. The number of pyridine rings is 2. The number of amides is 2. The molecule has 2 amide bonds. The molecule has 10 heteroatoms. The highest BCUT2D eigenvalue weighted by Gasteiger charge is 2.24. The SMILES string of the molecule is CNC(=O)c1cc(Nc2nc(NC3CCCC[C@@H]3N)c(F)cc2C(N)=O)ccn1. The van der Waals surface area contributed by atoms with Gasteiger partial charge in [0.2, 0.25) is 0 Å². The highest BCUT2D eigenvalue weighted by molar-refractivity contribution is 5.99. The van der Waals surface area contributed by atoms with Gasteiger partial charge in [0.15, 0.2) is 11.6 Å². The Morgan fingerprint density at radius 1 is 1.21 bits per heavy atom. The molecule has 2 aromatic heterocycles. The zero-order valence-electron chi connectivity index (χ0n) is 16.0. The first-order valence-corrected chi connectivity index (χ1v) is 9.36. The lowest BCUT2D eigenvalue weighted by molar-refractivity contribution is 0.0956. The zero-order chi connectivity index (χ0) is 21.0. The third kappa shape index (κ3) is 4.77. The fourth-order valence-electron chi connectivity index (χ4n) is 3.28. The van der Waals surface area contributed by atoms with E-state index in [9.17, 15) is 14.0 Å². The predicted octanol–water partition coefficient (Wildman–Crippen LogP) is 1.50. The van der Waals surface area contributed by atoms with Crippen LogP contribution < -0.4 is 27.4 Å². The number of primary amides is 1. The van der Waals surface area contributed by atoms with Crippen LogP contribution in [0.4, 0.5) is 21.7 Å². The van der Waals surface area contributed by atoms with Crippen LogP contribution in [0.2, 0.25) is 0 Å². The molecule has 1 fully saturated rings. The number of hydrogen-bond donors (Lipinski definition) is 5. The minimum absolute atomic E-state index is 0.0135. The molecule has 0 aliphatic heterocycles. The summed E-state index contributed by atoms with van der Waals surface area (Å²) in [6, 6.07) is 3.90. The van der Waals surface area contributed by atoms with E-state index < -0.39 is 11.7 Å². The lowest BCUT2D eigenvalue weighted by atomic mass is 9.91. The third-order valence-electron chi connectivity index (χ3n) is 4.87. The van der Waals surface area contributed by atoms with Gasteiger partial charge in [-0.15, -0.1) is 0 Å². The molecule has 2 atom stereocenters. The molecule has 1 aliphatic carbocycles. The number of nitrogens with two attached hydrogens (primary N) is 2. The smallest absolute Gasteiger partial charge is 0.269 e. The third-order valence-corrected chi connectivity index (χ3v) is 4.87.